The second-order valence-electron chi connectivity index (χ2n) is 6.92. The van der Waals surface area contributed by atoms with Crippen LogP contribution in [0.15, 0.2) is 72.8 Å². The van der Waals surface area contributed by atoms with Crippen molar-refractivity contribution in [1.82, 2.24) is 19.9 Å². The molecule has 1 N–H and O–H groups in total. The number of fused-ring (bicyclic) bond motifs is 2. The van der Waals surface area contributed by atoms with Gasteiger partial charge < -0.3 is 9.88 Å². The van der Waals surface area contributed by atoms with Gasteiger partial charge in [0.2, 0.25) is 0 Å². The molecule has 0 bridgehead atoms. The Kier molecular flexibility index (Phi) is 5.24. The first-order chi connectivity index (χ1) is 13.6. The number of H-pyrrole nitrogens is 1. The molecule has 4 rings (SSSR count). The summed E-state index contributed by atoms with van der Waals surface area (Å²) in [5, 5.41) is 1.62. The van der Waals surface area contributed by atoms with Crippen molar-refractivity contribution in [3.05, 3.63) is 83.6 Å². The minimum Gasteiger partial charge on any atom is -0.353 e. The van der Waals surface area contributed by atoms with Gasteiger partial charge in [0.15, 0.2) is 0 Å². The van der Waals surface area contributed by atoms with Crippen LogP contribution in [0.25, 0.3) is 33.2 Å². The quantitative estimate of drug-likeness (QED) is 0.495. The lowest BCUT2D eigenvalue weighted by Crippen LogP contribution is -2.12. The van der Waals surface area contributed by atoms with Crippen LogP contribution < -0.4 is 0 Å². The van der Waals surface area contributed by atoms with E-state index in [-0.39, 0.29) is 0 Å². The zero-order valence-corrected chi connectivity index (χ0v) is 16.6. The SMILES string of the molecule is CN(C)Cc1nc2ccccc2[nH]c(-c2ccccc2)c2cc(Cl)ccc2n1. The van der Waals surface area contributed by atoms with Crippen LogP contribution in [0, 0.1) is 0 Å². The predicted molar refractivity (Wildman–Crippen MR) is 117 cm³/mol. The molecular weight excluding hydrogens is 368 g/mol. The van der Waals surface area contributed by atoms with Crippen LogP contribution in [0.5, 0.6) is 0 Å². The molecule has 140 valence electrons. The summed E-state index contributed by atoms with van der Waals surface area (Å²) >= 11 is 6.36. The fourth-order valence-corrected chi connectivity index (χ4v) is 3.35. The zero-order valence-electron chi connectivity index (χ0n) is 15.9. The van der Waals surface area contributed by atoms with Crippen molar-refractivity contribution in [2.24, 2.45) is 0 Å². The van der Waals surface area contributed by atoms with E-state index in [0.29, 0.717) is 11.6 Å². The molecule has 0 spiro atoms. The van der Waals surface area contributed by atoms with Crippen molar-refractivity contribution in [2.45, 2.75) is 6.54 Å². The van der Waals surface area contributed by atoms with Gasteiger partial charge in [0.25, 0.3) is 0 Å². The maximum Gasteiger partial charge on any atom is 0.143 e. The van der Waals surface area contributed by atoms with Gasteiger partial charge in [-0.15, -0.1) is 0 Å². The van der Waals surface area contributed by atoms with E-state index in [1.807, 2.05) is 74.8 Å². The number of aromatic amines is 1. The van der Waals surface area contributed by atoms with E-state index in [1.54, 1.807) is 0 Å². The molecule has 0 amide bonds. The van der Waals surface area contributed by atoms with Gasteiger partial charge in [-0.1, -0.05) is 54.1 Å². The monoisotopic (exact) mass is 388 g/mol. The summed E-state index contributed by atoms with van der Waals surface area (Å²) in [5.74, 6) is 0.747. The molecule has 0 aliphatic heterocycles. The van der Waals surface area contributed by atoms with E-state index in [4.69, 9.17) is 21.6 Å². The third kappa shape index (κ3) is 3.98. The number of hydrogen-bond acceptors (Lipinski definition) is 3. The van der Waals surface area contributed by atoms with Crippen LogP contribution in [-0.4, -0.2) is 33.9 Å². The number of benzene rings is 3. The van der Waals surface area contributed by atoms with Crippen molar-refractivity contribution >= 4 is 33.5 Å². The van der Waals surface area contributed by atoms with Gasteiger partial charge in [0.05, 0.1) is 28.8 Å². The fourth-order valence-electron chi connectivity index (χ4n) is 3.17. The van der Waals surface area contributed by atoms with Gasteiger partial charge in [0, 0.05) is 10.4 Å². The summed E-state index contributed by atoms with van der Waals surface area (Å²) in [6, 6.07) is 24.0. The normalized spacial score (nSPS) is 11.1. The Morgan fingerprint density at radius 1 is 0.857 bits per heavy atom. The Morgan fingerprint density at radius 2 is 1.57 bits per heavy atom. The summed E-state index contributed by atoms with van der Waals surface area (Å²) in [6.45, 7) is 0.636. The number of hydrogen-bond donors (Lipinski definition) is 1. The van der Waals surface area contributed by atoms with Crippen LogP contribution in [-0.2, 0) is 6.54 Å². The standard InChI is InChI=1S/C23H21ClN4/c1-28(2)15-22-25-19-13-12-17(24)14-18(19)23(16-8-4-3-5-9-16)27-21-11-7-6-10-20(21)26-22/h3-14,27H,15H2,1-2H3. The highest BCUT2D eigenvalue weighted by molar-refractivity contribution is 6.31. The van der Waals surface area contributed by atoms with E-state index in [1.165, 1.54) is 0 Å². The van der Waals surface area contributed by atoms with Crippen LogP contribution in [0.2, 0.25) is 5.02 Å². The lowest BCUT2D eigenvalue weighted by molar-refractivity contribution is 0.392. The van der Waals surface area contributed by atoms with Gasteiger partial charge in [-0.3, -0.25) is 0 Å². The number of nitrogens with zero attached hydrogens (tertiary/aromatic N) is 3. The molecule has 1 heterocycles. The van der Waals surface area contributed by atoms with Gasteiger partial charge in [-0.2, -0.15) is 0 Å². The van der Waals surface area contributed by atoms with Crippen LogP contribution >= 0.6 is 11.6 Å². The molecule has 0 atom stereocenters. The molecule has 4 aromatic rings. The molecule has 0 saturated heterocycles. The summed E-state index contributed by atoms with van der Waals surface area (Å²) in [7, 11) is 4.03. The third-order valence-corrected chi connectivity index (χ3v) is 4.65. The van der Waals surface area contributed by atoms with E-state index in [2.05, 4.69) is 22.0 Å². The van der Waals surface area contributed by atoms with Crippen molar-refractivity contribution < 1.29 is 0 Å². The van der Waals surface area contributed by atoms with Crippen molar-refractivity contribution in [3.63, 3.8) is 0 Å². The van der Waals surface area contributed by atoms with Gasteiger partial charge >= 0.3 is 0 Å². The highest BCUT2D eigenvalue weighted by atomic mass is 35.5. The first kappa shape index (κ1) is 18.4. The molecule has 3 aromatic carbocycles. The topological polar surface area (TPSA) is 44.8 Å². The van der Waals surface area contributed by atoms with Crippen LogP contribution in [0.1, 0.15) is 5.82 Å². The largest absolute Gasteiger partial charge is 0.353 e. The molecule has 5 heteroatoms. The average molecular weight is 389 g/mol. The zero-order chi connectivity index (χ0) is 19.5. The van der Waals surface area contributed by atoms with Gasteiger partial charge in [-0.25, -0.2) is 9.97 Å². The van der Waals surface area contributed by atoms with E-state index >= 15 is 0 Å². The number of rotatable bonds is 3. The highest BCUT2D eigenvalue weighted by Crippen LogP contribution is 2.27. The Bertz CT molecular complexity index is 1180. The van der Waals surface area contributed by atoms with Crippen molar-refractivity contribution in [3.8, 4) is 11.3 Å². The first-order valence-electron chi connectivity index (χ1n) is 9.12. The predicted octanol–water partition coefficient (Wildman–Crippen LogP) is 5.62. The summed E-state index contributed by atoms with van der Waals surface area (Å²) in [5.41, 5.74) is 4.64. The lowest BCUT2D eigenvalue weighted by Gasteiger charge is -2.07. The highest BCUT2D eigenvalue weighted by Gasteiger charge is 2.07. The number of aromatic nitrogens is 3. The average Bonchev–Trinajstić information content (AvgIpc) is 2.74. The molecule has 0 aliphatic carbocycles. The van der Waals surface area contributed by atoms with Gasteiger partial charge in [0.1, 0.15) is 5.82 Å². The Morgan fingerprint density at radius 3 is 2.36 bits per heavy atom. The third-order valence-electron chi connectivity index (χ3n) is 4.41. The summed E-state index contributed by atoms with van der Waals surface area (Å²) in [4.78, 5) is 15.4. The van der Waals surface area contributed by atoms with Crippen molar-refractivity contribution in [1.29, 1.82) is 0 Å². The molecule has 4 nitrogen and oxygen atoms in total. The molecule has 28 heavy (non-hydrogen) atoms. The summed E-state index contributed by atoms with van der Waals surface area (Å²) in [6.07, 6.45) is 0. The minimum absolute atomic E-state index is 0.636. The van der Waals surface area contributed by atoms with E-state index < -0.39 is 0 Å². The molecule has 0 aliphatic rings. The maximum atomic E-state index is 6.36. The second kappa shape index (κ2) is 7.97. The summed E-state index contributed by atoms with van der Waals surface area (Å²) < 4.78 is 0. The van der Waals surface area contributed by atoms with Crippen LogP contribution in [0.4, 0.5) is 0 Å². The molecule has 0 fully saturated rings. The first-order valence-corrected chi connectivity index (χ1v) is 9.50. The van der Waals surface area contributed by atoms with Gasteiger partial charge in [-0.05, 0) is 50.0 Å². The van der Waals surface area contributed by atoms with Crippen LogP contribution in [0.3, 0.4) is 0 Å². The maximum absolute atomic E-state index is 6.36. The van der Waals surface area contributed by atoms with E-state index in [0.717, 1.165) is 39.0 Å². The van der Waals surface area contributed by atoms with Crippen molar-refractivity contribution in [2.75, 3.05) is 14.1 Å². The fraction of sp³-hybridized carbons (Fsp3) is 0.130. The lowest BCUT2D eigenvalue weighted by atomic mass is 10.1. The molecular formula is C23H21ClN4. The Labute approximate surface area is 169 Å². The molecule has 0 unspecified atom stereocenters. The number of nitrogens with one attached hydrogen (secondary N) is 1. The Balaban J connectivity index is 2.21. The number of halogens is 1. The molecule has 1 aromatic heterocycles. The second-order valence-corrected chi connectivity index (χ2v) is 7.36. The number of para-hydroxylation sites is 2. The molecule has 0 radical (unpaired) electrons. The smallest absolute Gasteiger partial charge is 0.143 e. The Hall–Kier alpha value is -2.95. The van der Waals surface area contributed by atoms with E-state index in [9.17, 15) is 0 Å². The molecule has 0 saturated carbocycles. The minimum atomic E-state index is 0.636.